The number of nitrogens with one attached hydrogen (secondary N) is 3. The number of amides is 1. The van der Waals surface area contributed by atoms with Crippen molar-refractivity contribution in [3.63, 3.8) is 0 Å². The van der Waals surface area contributed by atoms with Gasteiger partial charge >= 0.3 is 0 Å². The number of aromatic nitrogens is 2. The van der Waals surface area contributed by atoms with Crippen LogP contribution in [0.1, 0.15) is 23.6 Å². The van der Waals surface area contributed by atoms with Crippen LogP contribution in [0.3, 0.4) is 0 Å². The van der Waals surface area contributed by atoms with Crippen LogP contribution in [0.5, 0.6) is 0 Å². The van der Waals surface area contributed by atoms with Crippen molar-refractivity contribution in [1.82, 2.24) is 9.97 Å². The van der Waals surface area contributed by atoms with E-state index in [9.17, 15) is 4.79 Å². The molecule has 33 heavy (non-hydrogen) atoms. The van der Waals surface area contributed by atoms with Crippen LogP contribution in [0.4, 0.5) is 23.0 Å². The maximum Gasteiger partial charge on any atom is 0.227 e. The highest BCUT2D eigenvalue weighted by Crippen LogP contribution is 2.23. The number of aryl methyl sites for hydroxylation is 2. The average molecular weight is 438 g/mol. The summed E-state index contributed by atoms with van der Waals surface area (Å²) in [5.41, 5.74) is 8.30. The first kappa shape index (κ1) is 22.0. The minimum atomic E-state index is -0.0953. The Hall–Kier alpha value is -4.19. The zero-order chi connectivity index (χ0) is 23.2. The Balaban J connectivity index is 1.46. The van der Waals surface area contributed by atoms with Crippen LogP contribution >= 0.6 is 0 Å². The molecule has 6 nitrogen and oxygen atoms in total. The van der Waals surface area contributed by atoms with Gasteiger partial charge in [0.05, 0.1) is 5.69 Å². The normalized spacial score (nSPS) is 10.5. The highest BCUT2D eigenvalue weighted by atomic mass is 16.1. The standard InChI is InChI=1S/C27H27N5O/c1-18-6-4-7-19(2)25(18)17-29-23-8-5-9-24(16-23)31-27-28-15-14-26(32-27)21-10-12-22(13-11-21)30-20(3)33/h4-16,29H,17H2,1-3H3,(H,30,33)(H,28,31,32). The van der Waals surface area contributed by atoms with Gasteiger partial charge in [0.25, 0.3) is 0 Å². The molecule has 0 aliphatic carbocycles. The van der Waals surface area contributed by atoms with Crippen LogP contribution < -0.4 is 16.0 Å². The molecule has 0 atom stereocenters. The van der Waals surface area contributed by atoms with Crippen molar-refractivity contribution in [3.8, 4) is 11.3 Å². The van der Waals surface area contributed by atoms with Crippen LogP contribution in [0, 0.1) is 13.8 Å². The average Bonchev–Trinajstić information content (AvgIpc) is 2.79. The number of benzene rings is 3. The molecule has 0 saturated heterocycles. The van der Waals surface area contributed by atoms with Crippen LogP contribution in [-0.2, 0) is 11.3 Å². The van der Waals surface area contributed by atoms with E-state index in [1.807, 2.05) is 54.6 Å². The lowest BCUT2D eigenvalue weighted by molar-refractivity contribution is -0.114. The topological polar surface area (TPSA) is 78.9 Å². The van der Waals surface area contributed by atoms with Gasteiger partial charge < -0.3 is 16.0 Å². The van der Waals surface area contributed by atoms with E-state index in [0.717, 1.165) is 34.9 Å². The molecular formula is C27H27N5O. The molecular weight excluding hydrogens is 410 g/mol. The summed E-state index contributed by atoms with van der Waals surface area (Å²) < 4.78 is 0. The third-order valence-corrected chi connectivity index (χ3v) is 5.39. The van der Waals surface area contributed by atoms with Gasteiger partial charge in [-0.1, -0.05) is 36.4 Å². The minimum absolute atomic E-state index is 0.0953. The first-order chi connectivity index (χ1) is 16.0. The molecule has 0 aliphatic heterocycles. The van der Waals surface area contributed by atoms with Crippen molar-refractivity contribution in [2.45, 2.75) is 27.3 Å². The maximum absolute atomic E-state index is 11.2. The SMILES string of the molecule is CC(=O)Nc1ccc(-c2ccnc(Nc3cccc(NCc4c(C)cccc4C)c3)n2)cc1. The Morgan fingerprint density at radius 2 is 1.55 bits per heavy atom. The lowest BCUT2D eigenvalue weighted by Gasteiger charge is -2.13. The molecule has 166 valence electrons. The summed E-state index contributed by atoms with van der Waals surface area (Å²) in [6.07, 6.45) is 1.73. The zero-order valence-corrected chi connectivity index (χ0v) is 19.0. The molecule has 1 amide bonds. The van der Waals surface area contributed by atoms with E-state index in [0.29, 0.717) is 5.95 Å². The zero-order valence-electron chi connectivity index (χ0n) is 19.0. The number of carbonyl (C=O) groups is 1. The van der Waals surface area contributed by atoms with Crippen molar-refractivity contribution in [1.29, 1.82) is 0 Å². The molecule has 3 N–H and O–H groups in total. The molecule has 0 bridgehead atoms. The van der Waals surface area contributed by atoms with Gasteiger partial charge in [-0.3, -0.25) is 4.79 Å². The molecule has 0 aliphatic rings. The third kappa shape index (κ3) is 5.74. The van der Waals surface area contributed by atoms with E-state index in [1.165, 1.54) is 23.6 Å². The van der Waals surface area contributed by atoms with Crippen LogP contribution in [0.15, 0.2) is 79.0 Å². The monoisotopic (exact) mass is 437 g/mol. The number of carbonyl (C=O) groups excluding carboxylic acids is 1. The highest BCUT2D eigenvalue weighted by molar-refractivity contribution is 5.88. The maximum atomic E-state index is 11.2. The highest BCUT2D eigenvalue weighted by Gasteiger charge is 2.06. The Morgan fingerprint density at radius 1 is 0.848 bits per heavy atom. The molecule has 1 heterocycles. The third-order valence-electron chi connectivity index (χ3n) is 5.39. The number of hydrogen-bond acceptors (Lipinski definition) is 5. The number of hydrogen-bond donors (Lipinski definition) is 3. The Bertz CT molecular complexity index is 1250. The number of anilines is 4. The summed E-state index contributed by atoms with van der Waals surface area (Å²) in [5.74, 6) is 0.423. The summed E-state index contributed by atoms with van der Waals surface area (Å²) >= 11 is 0. The summed E-state index contributed by atoms with van der Waals surface area (Å²) in [6, 6.07) is 23.9. The molecule has 1 aromatic heterocycles. The Labute approximate surface area is 194 Å². The van der Waals surface area contributed by atoms with Crippen LogP contribution in [-0.4, -0.2) is 15.9 Å². The van der Waals surface area contributed by atoms with E-state index in [-0.39, 0.29) is 5.91 Å². The second-order valence-electron chi connectivity index (χ2n) is 7.95. The van der Waals surface area contributed by atoms with Gasteiger partial charge in [-0.2, -0.15) is 0 Å². The second kappa shape index (κ2) is 9.96. The largest absolute Gasteiger partial charge is 0.381 e. The first-order valence-electron chi connectivity index (χ1n) is 10.8. The molecule has 0 unspecified atom stereocenters. The van der Waals surface area contributed by atoms with Crippen molar-refractivity contribution < 1.29 is 4.79 Å². The van der Waals surface area contributed by atoms with E-state index in [2.05, 4.69) is 58.0 Å². The predicted octanol–water partition coefficient (Wildman–Crippen LogP) is 6.07. The van der Waals surface area contributed by atoms with E-state index in [4.69, 9.17) is 0 Å². The van der Waals surface area contributed by atoms with Gasteiger partial charge in [0.2, 0.25) is 11.9 Å². The Morgan fingerprint density at radius 3 is 2.27 bits per heavy atom. The van der Waals surface area contributed by atoms with Crippen molar-refractivity contribution >= 4 is 28.9 Å². The van der Waals surface area contributed by atoms with E-state index >= 15 is 0 Å². The fourth-order valence-corrected chi connectivity index (χ4v) is 3.66. The van der Waals surface area contributed by atoms with Gasteiger partial charge in [0.1, 0.15) is 0 Å². The molecule has 4 rings (SSSR count). The van der Waals surface area contributed by atoms with Crippen molar-refractivity contribution in [2.75, 3.05) is 16.0 Å². The predicted molar refractivity (Wildman–Crippen MR) is 135 cm³/mol. The van der Waals surface area contributed by atoms with E-state index < -0.39 is 0 Å². The number of nitrogens with zero attached hydrogens (tertiary/aromatic N) is 2. The molecule has 6 heteroatoms. The molecule has 0 saturated carbocycles. The summed E-state index contributed by atoms with van der Waals surface area (Å²) in [7, 11) is 0. The fraction of sp³-hybridized carbons (Fsp3) is 0.148. The lowest BCUT2D eigenvalue weighted by atomic mass is 10.0. The van der Waals surface area contributed by atoms with Gasteiger partial charge in [0.15, 0.2) is 0 Å². The minimum Gasteiger partial charge on any atom is -0.381 e. The van der Waals surface area contributed by atoms with Crippen LogP contribution in [0.2, 0.25) is 0 Å². The quantitative estimate of drug-likeness (QED) is 0.327. The van der Waals surface area contributed by atoms with Gasteiger partial charge in [-0.25, -0.2) is 9.97 Å². The summed E-state index contributed by atoms with van der Waals surface area (Å²) in [5, 5.41) is 9.58. The van der Waals surface area contributed by atoms with Gasteiger partial charge in [0, 0.05) is 42.3 Å². The van der Waals surface area contributed by atoms with Gasteiger partial charge in [-0.15, -0.1) is 0 Å². The van der Waals surface area contributed by atoms with E-state index in [1.54, 1.807) is 6.20 Å². The molecule has 0 fully saturated rings. The molecule has 0 radical (unpaired) electrons. The van der Waals surface area contributed by atoms with Crippen molar-refractivity contribution in [2.24, 2.45) is 0 Å². The smallest absolute Gasteiger partial charge is 0.227 e. The van der Waals surface area contributed by atoms with Crippen LogP contribution in [0.25, 0.3) is 11.3 Å². The lowest BCUT2D eigenvalue weighted by Crippen LogP contribution is -2.05. The molecule has 0 spiro atoms. The first-order valence-corrected chi connectivity index (χ1v) is 10.8. The molecule has 3 aromatic carbocycles. The molecule has 4 aromatic rings. The van der Waals surface area contributed by atoms with Crippen molar-refractivity contribution in [3.05, 3.63) is 95.7 Å². The summed E-state index contributed by atoms with van der Waals surface area (Å²) in [6.45, 7) is 6.53. The fourth-order valence-electron chi connectivity index (χ4n) is 3.66. The second-order valence-corrected chi connectivity index (χ2v) is 7.95. The Kier molecular flexibility index (Phi) is 6.64. The summed E-state index contributed by atoms with van der Waals surface area (Å²) in [4.78, 5) is 20.2. The van der Waals surface area contributed by atoms with Gasteiger partial charge in [-0.05, 0) is 66.9 Å². The number of rotatable bonds is 7.